The van der Waals surface area contributed by atoms with Gasteiger partial charge in [0.05, 0.1) is 12.3 Å². The molecule has 1 saturated heterocycles. The molecule has 11 atom stereocenters. The van der Waals surface area contributed by atoms with Crippen LogP contribution < -0.4 is 0 Å². The smallest absolute Gasteiger partial charge is 0.331 e. The zero-order chi connectivity index (χ0) is 33.1. The molecule has 1 heterocycles. The number of allylic oxidation sites excluding steroid dienone is 1. The predicted molar refractivity (Wildman–Crippen MR) is 179 cm³/mol. The lowest BCUT2D eigenvalue weighted by Crippen LogP contribution is -2.67. The fourth-order valence-corrected chi connectivity index (χ4v) is 13.0. The topological polar surface area (TPSA) is 83.4 Å². The highest BCUT2D eigenvalue weighted by molar-refractivity contribution is 5.91. The highest BCUT2D eigenvalue weighted by atomic mass is 16.7. The first kappa shape index (κ1) is 34.1. The van der Waals surface area contributed by atoms with Gasteiger partial charge in [0, 0.05) is 25.9 Å². The molecule has 6 aliphatic rings. The first-order valence-electron chi connectivity index (χ1n) is 18.5. The Labute approximate surface area is 278 Å². The Kier molecular flexibility index (Phi) is 9.13. The number of oxime groups is 1. The van der Waals surface area contributed by atoms with Crippen molar-refractivity contribution >= 4 is 17.7 Å². The number of rotatable bonds is 7. The Morgan fingerprint density at radius 3 is 2.30 bits per heavy atom. The zero-order valence-corrected chi connectivity index (χ0v) is 29.9. The van der Waals surface area contributed by atoms with Crippen molar-refractivity contribution in [1.29, 1.82) is 0 Å². The van der Waals surface area contributed by atoms with Crippen LogP contribution in [0.1, 0.15) is 132 Å². The predicted octanol–water partition coefficient (Wildman–Crippen LogP) is 8.65. The first-order valence-corrected chi connectivity index (χ1v) is 18.5. The second-order valence-electron chi connectivity index (χ2n) is 17.5. The van der Waals surface area contributed by atoms with E-state index in [0.717, 1.165) is 57.5 Å². The van der Waals surface area contributed by atoms with Crippen LogP contribution in [0.4, 0.5) is 0 Å². The van der Waals surface area contributed by atoms with Crippen molar-refractivity contribution < 1.29 is 28.6 Å². The van der Waals surface area contributed by atoms with Gasteiger partial charge in [-0.2, -0.15) is 0 Å². The molecule has 258 valence electrons. The van der Waals surface area contributed by atoms with Crippen molar-refractivity contribution in [2.75, 3.05) is 19.8 Å². The standard InChI is InChI=1S/C39H61NO6/c1-25(2)28-14-19-39(24-45-33-11-9-10-22-43-33)21-20-37(7)29(34(28)39)12-13-31-35(5)17-16-32(40-46-27(4)42)36(6,23-44-26(3)41)30(35)15-18-38(31,37)8/h28-31,33-34H,1,9-24H2,2-8H3/b40-32-/t28-,29+,30+,31+,33?,34+,35-,36-,37+,38+,39+/m0/s1. The van der Waals surface area contributed by atoms with Crippen LogP contribution in [0.25, 0.3) is 0 Å². The van der Waals surface area contributed by atoms with Gasteiger partial charge in [-0.3, -0.25) is 4.79 Å². The third kappa shape index (κ3) is 5.33. The molecule has 0 radical (unpaired) electrons. The number of carbonyl (C=O) groups is 2. The van der Waals surface area contributed by atoms with Gasteiger partial charge in [-0.05, 0) is 142 Å². The maximum Gasteiger partial charge on any atom is 0.331 e. The number of hydrogen-bond acceptors (Lipinski definition) is 7. The molecule has 0 N–H and O–H groups in total. The molecule has 46 heavy (non-hydrogen) atoms. The van der Waals surface area contributed by atoms with Gasteiger partial charge in [0.15, 0.2) is 6.29 Å². The Bertz CT molecular complexity index is 1240. The van der Waals surface area contributed by atoms with Gasteiger partial charge < -0.3 is 19.0 Å². The average molecular weight is 640 g/mol. The van der Waals surface area contributed by atoms with Gasteiger partial charge in [-0.1, -0.05) is 45.0 Å². The molecule has 0 bridgehead atoms. The Morgan fingerprint density at radius 1 is 0.848 bits per heavy atom. The number of fused-ring (bicyclic) bond motifs is 7. The van der Waals surface area contributed by atoms with Gasteiger partial charge in [0.25, 0.3) is 0 Å². The van der Waals surface area contributed by atoms with Crippen LogP contribution in [-0.2, 0) is 28.6 Å². The van der Waals surface area contributed by atoms with E-state index in [9.17, 15) is 9.59 Å². The van der Waals surface area contributed by atoms with E-state index >= 15 is 0 Å². The van der Waals surface area contributed by atoms with Crippen LogP contribution in [0.2, 0.25) is 0 Å². The summed E-state index contributed by atoms with van der Waals surface area (Å²) in [7, 11) is 0. The van der Waals surface area contributed by atoms with E-state index in [-0.39, 0.29) is 40.5 Å². The SMILES string of the molecule is C=C(C)[C@@H]1CC[C@]2(COC3CCCCO3)CC[C@]3(C)[C@H](CC[C@@H]4[C@@]5(C)CC/C(=N/OC(C)=O)[C@@](C)(COC(C)=O)[C@@H]5CC[C@]43C)[C@@H]12. The minimum atomic E-state index is -0.468. The van der Waals surface area contributed by atoms with E-state index in [2.05, 4.69) is 46.4 Å². The molecule has 0 aromatic heterocycles. The van der Waals surface area contributed by atoms with Crippen molar-refractivity contribution in [2.45, 2.75) is 138 Å². The van der Waals surface area contributed by atoms with Gasteiger partial charge >= 0.3 is 11.9 Å². The van der Waals surface area contributed by atoms with Gasteiger partial charge in [0.1, 0.15) is 6.61 Å². The van der Waals surface area contributed by atoms with Crippen molar-refractivity contribution in [3.05, 3.63) is 12.2 Å². The van der Waals surface area contributed by atoms with Gasteiger partial charge in [-0.15, -0.1) is 0 Å². The minimum Gasteiger partial charge on any atom is -0.465 e. The van der Waals surface area contributed by atoms with Crippen LogP contribution in [0.3, 0.4) is 0 Å². The van der Waals surface area contributed by atoms with E-state index in [1.807, 2.05) is 0 Å². The lowest BCUT2D eigenvalue weighted by Gasteiger charge is -2.72. The van der Waals surface area contributed by atoms with Crippen LogP contribution in [-0.4, -0.2) is 43.8 Å². The van der Waals surface area contributed by atoms with Crippen molar-refractivity contribution in [2.24, 2.45) is 61.8 Å². The van der Waals surface area contributed by atoms with Crippen molar-refractivity contribution in [3.63, 3.8) is 0 Å². The zero-order valence-electron chi connectivity index (χ0n) is 29.9. The molecule has 0 aromatic carbocycles. The van der Waals surface area contributed by atoms with Crippen molar-refractivity contribution in [3.8, 4) is 0 Å². The number of esters is 1. The van der Waals surface area contributed by atoms with Gasteiger partial charge in [0.2, 0.25) is 0 Å². The molecular formula is C39H61NO6. The van der Waals surface area contributed by atoms with Crippen LogP contribution >= 0.6 is 0 Å². The third-order valence-electron chi connectivity index (χ3n) is 15.4. The Morgan fingerprint density at radius 2 is 1.63 bits per heavy atom. The number of ether oxygens (including phenoxy) is 3. The maximum atomic E-state index is 12.1. The molecule has 1 unspecified atom stereocenters. The monoisotopic (exact) mass is 639 g/mol. The quantitative estimate of drug-likeness (QED) is 0.120. The highest BCUT2D eigenvalue weighted by Crippen LogP contribution is 2.77. The molecule has 7 heteroatoms. The van der Waals surface area contributed by atoms with Gasteiger partial charge in [-0.25, -0.2) is 4.79 Å². The first-order chi connectivity index (χ1) is 21.7. The van der Waals surface area contributed by atoms with E-state index in [1.54, 1.807) is 0 Å². The second-order valence-corrected chi connectivity index (χ2v) is 17.5. The van der Waals surface area contributed by atoms with Crippen LogP contribution in [0.15, 0.2) is 17.3 Å². The largest absolute Gasteiger partial charge is 0.465 e. The lowest BCUT2D eigenvalue weighted by molar-refractivity contribution is -0.244. The maximum absolute atomic E-state index is 12.1. The lowest BCUT2D eigenvalue weighted by atomic mass is 9.32. The molecule has 0 spiro atoms. The molecule has 6 rings (SSSR count). The normalized spacial score (nSPS) is 47.6. The molecule has 5 aliphatic carbocycles. The summed E-state index contributed by atoms with van der Waals surface area (Å²) >= 11 is 0. The van der Waals surface area contributed by atoms with Crippen LogP contribution in [0, 0.1) is 56.7 Å². The summed E-state index contributed by atoms with van der Waals surface area (Å²) < 4.78 is 18.5. The molecule has 5 saturated carbocycles. The third-order valence-corrected chi connectivity index (χ3v) is 15.4. The molecule has 0 aromatic rings. The highest BCUT2D eigenvalue weighted by Gasteiger charge is 2.71. The average Bonchev–Trinajstić information content (AvgIpc) is 3.40. The van der Waals surface area contributed by atoms with E-state index < -0.39 is 11.4 Å². The summed E-state index contributed by atoms with van der Waals surface area (Å²) in [4.78, 5) is 29.1. The minimum absolute atomic E-state index is 0.0358. The second kappa shape index (κ2) is 12.3. The summed E-state index contributed by atoms with van der Waals surface area (Å²) in [5, 5.41) is 4.40. The molecule has 7 nitrogen and oxygen atoms in total. The number of carbonyl (C=O) groups excluding carboxylic acids is 2. The number of nitrogens with zero attached hydrogens (tertiary/aromatic N) is 1. The van der Waals surface area contributed by atoms with E-state index in [0.29, 0.717) is 29.6 Å². The Balaban J connectivity index is 1.31. The van der Waals surface area contributed by atoms with Crippen molar-refractivity contribution in [1.82, 2.24) is 0 Å². The number of hydrogen-bond donors (Lipinski definition) is 0. The summed E-state index contributed by atoms with van der Waals surface area (Å²) in [6.07, 6.45) is 14.8. The summed E-state index contributed by atoms with van der Waals surface area (Å²) in [5.41, 5.74) is 2.49. The molecule has 1 aliphatic heterocycles. The molecular weight excluding hydrogens is 578 g/mol. The van der Waals surface area contributed by atoms with E-state index in [1.165, 1.54) is 64.4 Å². The summed E-state index contributed by atoms with van der Waals surface area (Å²) in [6, 6.07) is 0. The fourth-order valence-electron chi connectivity index (χ4n) is 13.0. The fraction of sp³-hybridized carbons (Fsp3) is 0.872. The summed E-state index contributed by atoms with van der Waals surface area (Å²) in [5.74, 6) is 2.00. The van der Waals surface area contributed by atoms with Crippen LogP contribution in [0.5, 0.6) is 0 Å². The van der Waals surface area contributed by atoms with E-state index in [4.69, 9.17) is 19.0 Å². The molecule has 0 amide bonds. The summed E-state index contributed by atoms with van der Waals surface area (Å²) in [6.45, 7) is 21.7. The molecule has 6 fully saturated rings. The Hall–Kier alpha value is -1.73.